The van der Waals surface area contributed by atoms with Crippen LogP contribution < -0.4 is 5.32 Å². The highest BCUT2D eigenvalue weighted by Gasteiger charge is 2.39. The van der Waals surface area contributed by atoms with E-state index in [1.54, 1.807) is 6.20 Å². The Labute approximate surface area is 134 Å². The lowest BCUT2D eigenvalue weighted by Crippen LogP contribution is -2.40. The maximum absolute atomic E-state index is 12.8. The van der Waals surface area contributed by atoms with Gasteiger partial charge in [0.15, 0.2) is 0 Å². The highest BCUT2D eigenvalue weighted by atomic mass is 16.1. The number of pyridine rings is 1. The van der Waals surface area contributed by atoms with E-state index in [-0.39, 0.29) is 17.4 Å². The molecule has 0 bridgehead atoms. The molecule has 1 aromatic heterocycles. The van der Waals surface area contributed by atoms with Crippen molar-refractivity contribution in [3.05, 3.63) is 42.2 Å². The fourth-order valence-corrected chi connectivity index (χ4v) is 3.56. The van der Waals surface area contributed by atoms with Gasteiger partial charge in [-0.25, -0.2) is 0 Å². The first-order chi connectivity index (χ1) is 10.4. The zero-order valence-corrected chi connectivity index (χ0v) is 14.2. The van der Waals surface area contributed by atoms with E-state index in [2.05, 4.69) is 50.1 Å². The number of nitrogens with one attached hydrogen (secondary N) is 1. The molecule has 1 N–H and O–H groups in total. The molecule has 1 heterocycles. The summed E-state index contributed by atoms with van der Waals surface area (Å²) in [6.45, 7) is 9.43. The molecule has 0 saturated carbocycles. The van der Waals surface area contributed by atoms with Gasteiger partial charge in [-0.05, 0) is 36.3 Å². The molecule has 0 amide bonds. The van der Waals surface area contributed by atoms with Crippen LogP contribution in [0.3, 0.4) is 0 Å². The number of Topliss-reactive ketones (excluding diaryl/α,β-unsaturated/α-hetero) is 1. The molecule has 3 heteroatoms. The molecule has 22 heavy (non-hydrogen) atoms. The summed E-state index contributed by atoms with van der Waals surface area (Å²) in [6, 6.07) is 4.17. The van der Waals surface area contributed by atoms with E-state index in [0.717, 1.165) is 18.5 Å². The zero-order chi connectivity index (χ0) is 16.2. The van der Waals surface area contributed by atoms with Crippen molar-refractivity contribution in [1.82, 2.24) is 10.3 Å². The van der Waals surface area contributed by atoms with Gasteiger partial charge in [-0.1, -0.05) is 39.0 Å². The number of hydrogen-bond donors (Lipinski definition) is 1. The van der Waals surface area contributed by atoms with Gasteiger partial charge in [0.1, 0.15) is 5.78 Å². The van der Waals surface area contributed by atoms with Crippen molar-refractivity contribution in [3.8, 4) is 0 Å². The monoisotopic (exact) mass is 300 g/mol. The lowest BCUT2D eigenvalue weighted by atomic mass is 9.65. The first kappa shape index (κ1) is 16.9. The standard InChI is InChI=1S/C19H28N2O/c1-14-7-5-9-19(3,4)18(14)17(22)11-15(2)21-13-16-8-6-10-20-12-16/h5-8,10,12,14-15,18,21H,9,11,13H2,1-4H3/t14-,15-,18+/m0/s1. The molecule has 120 valence electrons. The Kier molecular flexibility index (Phi) is 5.52. The maximum atomic E-state index is 12.8. The van der Waals surface area contributed by atoms with Gasteiger partial charge in [-0.3, -0.25) is 9.78 Å². The summed E-state index contributed by atoms with van der Waals surface area (Å²) in [4.78, 5) is 16.9. The van der Waals surface area contributed by atoms with Gasteiger partial charge in [-0.15, -0.1) is 0 Å². The zero-order valence-electron chi connectivity index (χ0n) is 14.2. The molecular formula is C19H28N2O. The van der Waals surface area contributed by atoms with Crippen LogP contribution in [-0.4, -0.2) is 16.8 Å². The van der Waals surface area contributed by atoms with Crippen molar-refractivity contribution < 1.29 is 4.79 Å². The fourth-order valence-electron chi connectivity index (χ4n) is 3.56. The molecule has 0 fully saturated rings. The quantitative estimate of drug-likeness (QED) is 0.813. The first-order valence-electron chi connectivity index (χ1n) is 8.22. The number of rotatable bonds is 6. The Morgan fingerprint density at radius 2 is 2.27 bits per heavy atom. The van der Waals surface area contributed by atoms with Gasteiger partial charge in [-0.2, -0.15) is 0 Å². The lowest BCUT2D eigenvalue weighted by Gasteiger charge is -2.39. The third-order valence-corrected chi connectivity index (χ3v) is 4.68. The topological polar surface area (TPSA) is 42.0 Å². The second-order valence-corrected chi connectivity index (χ2v) is 7.27. The maximum Gasteiger partial charge on any atom is 0.138 e. The number of carbonyl (C=O) groups excluding carboxylic acids is 1. The Balaban J connectivity index is 1.89. The first-order valence-corrected chi connectivity index (χ1v) is 8.22. The minimum absolute atomic E-state index is 0.0638. The van der Waals surface area contributed by atoms with Gasteiger partial charge in [0.05, 0.1) is 0 Å². The van der Waals surface area contributed by atoms with Crippen LogP contribution in [0.1, 0.15) is 46.1 Å². The van der Waals surface area contributed by atoms with Gasteiger partial charge in [0.2, 0.25) is 0 Å². The smallest absolute Gasteiger partial charge is 0.138 e. The summed E-state index contributed by atoms with van der Waals surface area (Å²) in [5.41, 5.74) is 1.21. The molecule has 1 aliphatic rings. The van der Waals surface area contributed by atoms with Crippen LogP contribution in [0.2, 0.25) is 0 Å². The summed E-state index contributed by atoms with van der Waals surface area (Å²) < 4.78 is 0. The summed E-state index contributed by atoms with van der Waals surface area (Å²) in [5.74, 6) is 0.843. The molecule has 3 atom stereocenters. The van der Waals surface area contributed by atoms with E-state index in [0.29, 0.717) is 18.1 Å². The fraction of sp³-hybridized carbons (Fsp3) is 0.579. The molecule has 3 nitrogen and oxygen atoms in total. The van der Waals surface area contributed by atoms with Crippen LogP contribution in [0.5, 0.6) is 0 Å². The Morgan fingerprint density at radius 1 is 1.50 bits per heavy atom. The van der Waals surface area contributed by atoms with Crippen molar-refractivity contribution in [2.75, 3.05) is 0 Å². The van der Waals surface area contributed by atoms with E-state index in [9.17, 15) is 4.79 Å². The minimum atomic E-state index is 0.0638. The molecule has 0 saturated heterocycles. The number of hydrogen-bond acceptors (Lipinski definition) is 3. The highest BCUT2D eigenvalue weighted by molar-refractivity contribution is 5.83. The molecule has 0 aromatic carbocycles. The van der Waals surface area contributed by atoms with Gasteiger partial charge >= 0.3 is 0 Å². The summed E-state index contributed by atoms with van der Waals surface area (Å²) >= 11 is 0. The Bertz CT molecular complexity index is 521. The van der Waals surface area contributed by atoms with Crippen LogP contribution in [0, 0.1) is 17.3 Å². The van der Waals surface area contributed by atoms with Crippen molar-refractivity contribution in [2.24, 2.45) is 17.3 Å². The number of carbonyl (C=O) groups is 1. The van der Waals surface area contributed by atoms with E-state index in [4.69, 9.17) is 0 Å². The minimum Gasteiger partial charge on any atom is -0.310 e. The van der Waals surface area contributed by atoms with Crippen LogP contribution >= 0.6 is 0 Å². The van der Waals surface area contributed by atoms with E-state index < -0.39 is 0 Å². The summed E-state index contributed by atoms with van der Waals surface area (Å²) in [6.07, 6.45) is 9.63. The van der Waals surface area contributed by atoms with Gasteiger partial charge in [0, 0.05) is 37.3 Å². The van der Waals surface area contributed by atoms with Gasteiger partial charge < -0.3 is 5.32 Å². The molecule has 1 aromatic rings. The third kappa shape index (κ3) is 4.26. The van der Waals surface area contributed by atoms with Crippen molar-refractivity contribution in [2.45, 2.75) is 53.1 Å². The normalized spacial score (nSPS) is 24.9. The van der Waals surface area contributed by atoms with Crippen molar-refractivity contribution in [3.63, 3.8) is 0 Å². The number of aromatic nitrogens is 1. The van der Waals surface area contributed by atoms with Crippen LogP contribution in [0.25, 0.3) is 0 Å². The molecule has 2 rings (SSSR count). The van der Waals surface area contributed by atoms with Crippen molar-refractivity contribution >= 4 is 5.78 Å². The molecule has 0 aliphatic heterocycles. The Hall–Kier alpha value is -1.48. The van der Waals surface area contributed by atoms with Crippen LogP contribution in [-0.2, 0) is 11.3 Å². The van der Waals surface area contributed by atoms with E-state index in [1.807, 2.05) is 18.3 Å². The SMILES string of the molecule is C[C@@H](CC(=O)[C@H]1[C@@H](C)C=CCC1(C)C)NCc1cccnc1. The molecule has 1 aliphatic carbocycles. The molecule has 0 unspecified atom stereocenters. The summed E-state index contributed by atoms with van der Waals surface area (Å²) in [5, 5.41) is 3.43. The average molecular weight is 300 g/mol. The predicted molar refractivity (Wildman–Crippen MR) is 90.4 cm³/mol. The molecule has 0 spiro atoms. The van der Waals surface area contributed by atoms with E-state index >= 15 is 0 Å². The Morgan fingerprint density at radius 3 is 2.91 bits per heavy atom. The number of allylic oxidation sites excluding steroid dienone is 2. The second-order valence-electron chi connectivity index (χ2n) is 7.27. The number of nitrogens with zero attached hydrogens (tertiary/aromatic N) is 1. The highest BCUT2D eigenvalue weighted by Crippen LogP contribution is 2.41. The van der Waals surface area contributed by atoms with Gasteiger partial charge in [0.25, 0.3) is 0 Å². The predicted octanol–water partition coefficient (Wildman–Crippen LogP) is 3.76. The summed E-state index contributed by atoms with van der Waals surface area (Å²) in [7, 11) is 0. The molecular weight excluding hydrogens is 272 g/mol. The average Bonchev–Trinajstić information content (AvgIpc) is 2.45. The number of ketones is 1. The largest absolute Gasteiger partial charge is 0.310 e. The second kappa shape index (κ2) is 7.19. The van der Waals surface area contributed by atoms with Crippen LogP contribution in [0.4, 0.5) is 0 Å². The van der Waals surface area contributed by atoms with Crippen molar-refractivity contribution in [1.29, 1.82) is 0 Å². The van der Waals surface area contributed by atoms with Crippen LogP contribution in [0.15, 0.2) is 36.7 Å². The third-order valence-electron chi connectivity index (χ3n) is 4.68. The van der Waals surface area contributed by atoms with E-state index in [1.165, 1.54) is 0 Å². The molecule has 0 radical (unpaired) electrons. The lowest BCUT2D eigenvalue weighted by molar-refractivity contribution is -0.128.